The first kappa shape index (κ1) is 14.9. The van der Waals surface area contributed by atoms with Gasteiger partial charge in [-0.25, -0.2) is 4.98 Å². The molecule has 2 aromatic heterocycles. The van der Waals surface area contributed by atoms with Crippen LogP contribution in [0.3, 0.4) is 0 Å². The Morgan fingerprint density at radius 2 is 2.10 bits per heavy atom. The molecule has 0 aliphatic heterocycles. The van der Waals surface area contributed by atoms with Crippen LogP contribution in [-0.2, 0) is 6.54 Å². The molecule has 0 saturated carbocycles. The van der Waals surface area contributed by atoms with E-state index < -0.39 is 0 Å². The summed E-state index contributed by atoms with van der Waals surface area (Å²) in [5, 5.41) is 17.5. The van der Waals surface area contributed by atoms with Gasteiger partial charge < -0.3 is 15.1 Å². The van der Waals surface area contributed by atoms with Crippen LogP contribution in [0.1, 0.15) is 43.4 Å². The number of aromatic nitrogens is 3. The molecule has 6 nitrogen and oxygen atoms in total. The van der Waals surface area contributed by atoms with Gasteiger partial charge in [-0.05, 0) is 26.3 Å². The quantitative estimate of drug-likeness (QED) is 0.818. The van der Waals surface area contributed by atoms with Crippen LogP contribution >= 0.6 is 11.3 Å². The molecule has 2 aromatic rings. The molecule has 0 fully saturated rings. The van der Waals surface area contributed by atoms with E-state index in [1.54, 1.807) is 11.3 Å². The van der Waals surface area contributed by atoms with E-state index in [2.05, 4.69) is 39.7 Å². The fourth-order valence-corrected chi connectivity index (χ4v) is 2.47. The van der Waals surface area contributed by atoms with Crippen molar-refractivity contribution < 1.29 is 4.42 Å². The second kappa shape index (κ2) is 6.81. The van der Waals surface area contributed by atoms with Crippen molar-refractivity contribution in [1.29, 1.82) is 0 Å². The lowest BCUT2D eigenvalue weighted by atomic mass is 10.2. The van der Waals surface area contributed by atoms with Gasteiger partial charge in [-0.15, -0.1) is 16.4 Å². The smallest absolute Gasteiger partial charge is 0.316 e. The zero-order valence-electron chi connectivity index (χ0n) is 12.3. The number of nitrogens with zero attached hydrogens (tertiary/aromatic N) is 3. The molecule has 1 unspecified atom stereocenters. The number of hydrogen-bond acceptors (Lipinski definition) is 7. The first-order valence-corrected chi connectivity index (χ1v) is 7.64. The third-order valence-electron chi connectivity index (χ3n) is 2.64. The molecule has 2 rings (SSSR count). The number of aryl methyl sites for hydroxylation is 1. The van der Waals surface area contributed by atoms with Crippen molar-refractivity contribution >= 4 is 17.4 Å². The van der Waals surface area contributed by atoms with Crippen molar-refractivity contribution in [1.82, 2.24) is 20.5 Å². The average Bonchev–Trinajstić information content (AvgIpc) is 2.98. The maximum atomic E-state index is 5.55. The fraction of sp³-hybridized carbons (Fsp3) is 0.615. The van der Waals surface area contributed by atoms with E-state index in [4.69, 9.17) is 4.42 Å². The second-order valence-corrected chi connectivity index (χ2v) is 6.11. The van der Waals surface area contributed by atoms with Gasteiger partial charge >= 0.3 is 6.01 Å². The fourth-order valence-electron chi connectivity index (χ4n) is 1.67. The summed E-state index contributed by atoms with van der Waals surface area (Å²) < 4.78 is 5.55. The number of thiazole rings is 1. The van der Waals surface area contributed by atoms with Crippen molar-refractivity contribution in [2.75, 3.05) is 11.9 Å². The molecule has 0 saturated heterocycles. The van der Waals surface area contributed by atoms with Crippen LogP contribution < -0.4 is 10.6 Å². The molecule has 20 heavy (non-hydrogen) atoms. The number of nitrogens with one attached hydrogen (secondary N) is 2. The van der Waals surface area contributed by atoms with E-state index in [0.29, 0.717) is 24.4 Å². The standard InChI is InChI=1S/C13H21N5OS/c1-8(2)5-14-6-11-17-18-13(19-11)16-10(4)12-15-9(3)7-20-12/h7-8,10,14H,5-6H2,1-4H3,(H,16,18). The van der Waals surface area contributed by atoms with Gasteiger partial charge in [0.25, 0.3) is 0 Å². The first-order chi connectivity index (χ1) is 9.54. The first-order valence-electron chi connectivity index (χ1n) is 6.76. The Labute approximate surface area is 123 Å². The highest BCUT2D eigenvalue weighted by atomic mass is 32.1. The Morgan fingerprint density at radius 1 is 1.30 bits per heavy atom. The Morgan fingerprint density at radius 3 is 2.75 bits per heavy atom. The summed E-state index contributed by atoms with van der Waals surface area (Å²) >= 11 is 1.62. The van der Waals surface area contributed by atoms with Crippen molar-refractivity contribution in [3.8, 4) is 0 Å². The zero-order valence-corrected chi connectivity index (χ0v) is 13.1. The van der Waals surface area contributed by atoms with Crippen LogP contribution in [0, 0.1) is 12.8 Å². The SMILES string of the molecule is Cc1csc(C(C)Nc2nnc(CNCC(C)C)o2)n1. The molecule has 1 atom stereocenters. The number of hydrogen-bond donors (Lipinski definition) is 2. The van der Waals surface area contributed by atoms with Gasteiger partial charge in [0.2, 0.25) is 5.89 Å². The van der Waals surface area contributed by atoms with Gasteiger partial charge in [0.15, 0.2) is 0 Å². The summed E-state index contributed by atoms with van der Waals surface area (Å²) in [6.07, 6.45) is 0. The predicted octanol–water partition coefficient (Wildman–Crippen LogP) is 2.75. The van der Waals surface area contributed by atoms with E-state index >= 15 is 0 Å². The van der Waals surface area contributed by atoms with Gasteiger partial charge in [-0.1, -0.05) is 18.9 Å². The summed E-state index contributed by atoms with van der Waals surface area (Å²) in [5.74, 6) is 1.19. The van der Waals surface area contributed by atoms with E-state index in [1.807, 2.05) is 19.2 Å². The molecule has 0 aliphatic carbocycles. The van der Waals surface area contributed by atoms with Crippen LogP contribution in [0.15, 0.2) is 9.80 Å². The Kier molecular flexibility index (Phi) is 5.08. The van der Waals surface area contributed by atoms with E-state index in [1.165, 1.54) is 0 Å². The lowest BCUT2D eigenvalue weighted by Gasteiger charge is -2.07. The third kappa shape index (κ3) is 4.28. The molecule has 0 aliphatic rings. The molecule has 0 radical (unpaired) electrons. The van der Waals surface area contributed by atoms with Gasteiger partial charge in [0.1, 0.15) is 5.01 Å². The lowest BCUT2D eigenvalue weighted by Crippen LogP contribution is -2.19. The third-order valence-corrected chi connectivity index (χ3v) is 3.79. The van der Waals surface area contributed by atoms with Crippen LogP contribution in [-0.4, -0.2) is 21.7 Å². The topological polar surface area (TPSA) is 75.9 Å². The molecule has 0 spiro atoms. The molecule has 2 N–H and O–H groups in total. The van der Waals surface area contributed by atoms with Crippen molar-refractivity contribution in [3.05, 3.63) is 22.0 Å². The van der Waals surface area contributed by atoms with E-state index in [-0.39, 0.29) is 6.04 Å². The van der Waals surface area contributed by atoms with Crippen LogP contribution in [0.4, 0.5) is 6.01 Å². The van der Waals surface area contributed by atoms with Crippen molar-refractivity contribution in [2.45, 2.75) is 40.3 Å². The predicted molar refractivity (Wildman–Crippen MR) is 79.7 cm³/mol. The molecule has 0 amide bonds. The molecular formula is C13H21N5OS. The minimum Gasteiger partial charge on any atom is -0.407 e. The molecule has 7 heteroatoms. The summed E-state index contributed by atoms with van der Waals surface area (Å²) in [7, 11) is 0. The Bertz CT molecular complexity index is 536. The van der Waals surface area contributed by atoms with Gasteiger partial charge in [0, 0.05) is 11.1 Å². The largest absolute Gasteiger partial charge is 0.407 e. The number of rotatable bonds is 7. The minimum absolute atomic E-state index is 0.0608. The monoisotopic (exact) mass is 295 g/mol. The summed E-state index contributed by atoms with van der Waals surface area (Å²) in [6, 6.07) is 0.498. The normalized spacial score (nSPS) is 12.8. The van der Waals surface area contributed by atoms with Gasteiger partial charge in [-0.3, -0.25) is 0 Å². The highest BCUT2D eigenvalue weighted by Gasteiger charge is 2.13. The molecule has 0 aromatic carbocycles. The summed E-state index contributed by atoms with van der Waals surface area (Å²) in [4.78, 5) is 4.44. The Balaban J connectivity index is 1.86. The van der Waals surface area contributed by atoms with Crippen LogP contribution in [0.5, 0.6) is 0 Å². The highest BCUT2D eigenvalue weighted by Crippen LogP contribution is 2.21. The number of anilines is 1. The van der Waals surface area contributed by atoms with E-state index in [0.717, 1.165) is 17.2 Å². The van der Waals surface area contributed by atoms with Crippen molar-refractivity contribution in [2.24, 2.45) is 5.92 Å². The maximum Gasteiger partial charge on any atom is 0.316 e. The van der Waals surface area contributed by atoms with Gasteiger partial charge in [-0.2, -0.15) is 0 Å². The molecule has 2 heterocycles. The minimum atomic E-state index is 0.0608. The molecule has 0 bridgehead atoms. The lowest BCUT2D eigenvalue weighted by molar-refractivity contribution is 0.456. The van der Waals surface area contributed by atoms with Gasteiger partial charge in [0.05, 0.1) is 12.6 Å². The average molecular weight is 295 g/mol. The highest BCUT2D eigenvalue weighted by molar-refractivity contribution is 7.09. The molecular weight excluding hydrogens is 274 g/mol. The second-order valence-electron chi connectivity index (χ2n) is 5.22. The summed E-state index contributed by atoms with van der Waals surface area (Å²) in [5.41, 5.74) is 1.03. The van der Waals surface area contributed by atoms with Crippen LogP contribution in [0.2, 0.25) is 0 Å². The molecule has 110 valence electrons. The Hall–Kier alpha value is -1.47. The van der Waals surface area contributed by atoms with Crippen LogP contribution in [0.25, 0.3) is 0 Å². The van der Waals surface area contributed by atoms with E-state index in [9.17, 15) is 0 Å². The summed E-state index contributed by atoms with van der Waals surface area (Å²) in [6.45, 7) is 9.85. The zero-order chi connectivity index (χ0) is 14.5. The maximum absolute atomic E-state index is 5.55. The van der Waals surface area contributed by atoms with Crippen molar-refractivity contribution in [3.63, 3.8) is 0 Å².